The van der Waals surface area contributed by atoms with Crippen LogP contribution in [-0.2, 0) is 17.6 Å². The molecule has 0 spiro atoms. The number of likely N-dealkylation sites (N-methyl/N-ethyl adjacent to an activating group) is 1. The summed E-state index contributed by atoms with van der Waals surface area (Å²) < 4.78 is 10.8. The fourth-order valence-corrected chi connectivity index (χ4v) is 3.72. The number of nitrogens with zero attached hydrogens (tertiary/aromatic N) is 4. The van der Waals surface area contributed by atoms with E-state index >= 15 is 0 Å². The number of aromatic nitrogens is 1. The van der Waals surface area contributed by atoms with Gasteiger partial charge in [0.05, 0.1) is 24.5 Å². The first-order valence-corrected chi connectivity index (χ1v) is 10.9. The number of ether oxygens (including phenoxy) is 1. The van der Waals surface area contributed by atoms with E-state index in [0.29, 0.717) is 0 Å². The third kappa shape index (κ3) is 9.02. The molecule has 0 amide bonds. The van der Waals surface area contributed by atoms with Gasteiger partial charge in [-0.25, -0.2) is 4.98 Å². The van der Waals surface area contributed by atoms with E-state index < -0.39 is 0 Å². The zero-order chi connectivity index (χ0) is 19.4. The van der Waals surface area contributed by atoms with Crippen LogP contribution in [0.25, 0.3) is 0 Å². The van der Waals surface area contributed by atoms with Crippen molar-refractivity contribution >= 4 is 41.3 Å². The second-order valence-corrected chi connectivity index (χ2v) is 7.85. The van der Waals surface area contributed by atoms with E-state index in [1.165, 1.54) is 0 Å². The van der Waals surface area contributed by atoms with E-state index in [9.17, 15) is 0 Å². The quantitative estimate of drug-likeness (QED) is 0.219. The summed E-state index contributed by atoms with van der Waals surface area (Å²) in [6, 6.07) is 3.93. The fourth-order valence-electron chi connectivity index (χ4n) is 3.11. The van der Waals surface area contributed by atoms with Crippen molar-refractivity contribution in [2.75, 3.05) is 59.5 Å². The van der Waals surface area contributed by atoms with Gasteiger partial charge in [-0.15, -0.1) is 35.3 Å². The standard InChI is InChI=1S/C20H31N5O2S.HI/c1-24(11-6-19-21-9-17-28-19)20(23-8-5-18-4-2-14-27-18)22-7-3-10-25-12-15-26-16-13-25;/h2,4,9,14,17H,3,5-8,10-13,15-16H2,1H3,(H,22,23);1H. The van der Waals surface area contributed by atoms with Gasteiger partial charge in [0.25, 0.3) is 0 Å². The Kier molecular flexibility index (Phi) is 11.6. The minimum atomic E-state index is 0. The molecule has 1 aliphatic heterocycles. The van der Waals surface area contributed by atoms with Gasteiger partial charge in [-0.3, -0.25) is 9.89 Å². The van der Waals surface area contributed by atoms with Crippen molar-refractivity contribution in [2.45, 2.75) is 19.3 Å². The molecule has 0 radical (unpaired) electrons. The van der Waals surface area contributed by atoms with Crippen LogP contribution in [0.1, 0.15) is 17.2 Å². The summed E-state index contributed by atoms with van der Waals surface area (Å²) >= 11 is 1.70. The molecule has 1 saturated heterocycles. The molecule has 3 rings (SSSR count). The predicted molar refractivity (Wildman–Crippen MR) is 128 cm³/mol. The van der Waals surface area contributed by atoms with Gasteiger partial charge >= 0.3 is 0 Å². The molecular formula is C20H32IN5O2S. The van der Waals surface area contributed by atoms with Gasteiger partial charge in [0.1, 0.15) is 5.76 Å². The van der Waals surface area contributed by atoms with Crippen LogP contribution >= 0.6 is 35.3 Å². The fraction of sp³-hybridized carbons (Fsp3) is 0.600. The van der Waals surface area contributed by atoms with Crippen LogP contribution in [0.3, 0.4) is 0 Å². The monoisotopic (exact) mass is 533 g/mol. The van der Waals surface area contributed by atoms with Crippen LogP contribution in [0.15, 0.2) is 39.4 Å². The molecule has 9 heteroatoms. The molecule has 2 aromatic heterocycles. The highest BCUT2D eigenvalue weighted by Crippen LogP contribution is 2.06. The second kappa shape index (κ2) is 13.9. The van der Waals surface area contributed by atoms with E-state index in [0.717, 1.165) is 88.5 Å². The summed E-state index contributed by atoms with van der Waals surface area (Å²) in [4.78, 5) is 13.9. The highest BCUT2D eigenvalue weighted by atomic mass is 127. The average molecular weight is 533 g/mol. The van der Waals surface area contributed by atoms with Crippen molar-refractivity contribution in [1.29, 1.82) is 0 Å². The van der Waals surface area contributed by atoms with Crippen LogP contribution in [0.4, 0.5) is 0 Å². The summed E-state index contributed by atoms with van der Waals surface area (Å²) in [5.74, 6) is 1.94. The minimum Gasteiger partial charge on any atom is -0.469 e. The zero-order valence-electron chi connectivity index (χ0n) is 17.1. The lowest BCUT2D eigenvalue weighted by molar-refractivity contribution is 0.0377. The van der Waals surface area contributed by atoms with E-state index in [1.54, 1.807) is 17.6 Å². The molecule has 0 bridgehead atoms. The zero-order valence-corrected chi connectivity index (χ0v) is 20.2. The maximum absolute atomic E-state index is 5.42. The Balaban J connectivity index is 0.00000300. The van der Waals surface area contributed by atoms with Crippen molar-refractivity contribution in [3.05, 3.63) is 40.7 Å². The van der Waals surface area contributed by atoms with Crippen molar-refractivity contribution < 1.29 is 9.15 Å². The largest absolute Gasteiger partial charge is 0.469 e. The molecule has 0 aliphatic carbocycles. The summed E-state index contributed by atoms with van der Waals surface area (Å²) in [5, 5.41) is 6.68. The Morgan fingerprint density at radius 1 is 1.34 bits per heavy atom. The number of rotatable bonds is 10. The van der Waals surface area contributed by atoms with Gasteiger partial charge in [0.15, 0.2) is 5.96 Å². The Morgan fingerprint density at radius 2 is 2.21 bits per heavy atom. The summed E-state index contributed by atoms with van der Waals surface area (Å²) in [6.45, 7) is 7.36. The Morgan fingerprint density at radius 3 is 2.93 bits per heavy atom. The molecule has 1 N–H and O–H groups in total. The SMILES string of the molecule is CN(CCc1nccs1)C(=NCCCN1CCOCC1)NCCc1ccco1.I. The number of furan rings is 1. The molecule has 0 atom stereocenters. The number of aliphatic imine (C=N–C) groups is 1. The van der Waals surface area contributed by atoms with Crippen molar-refractivity contribution in [1.82, 2.24) is 20.1 Å². The summed E-state index contributed by atoms with van der Waals surface area (Å²) in [6.07, 6.45) is 6.42. The van der Waals surface area contributed by atoms with E-state index in [2.05, 4.69) is 27.1 Å². The molecule has 1 aliphatic rings. The summed E-state index contributed by atoms with van der Waals surface area (Å²) in [7, 11) is 2.09. The first-order chi connectivity index (χ1) is 13.8. The number of hydrogen-bond acceptors (Lipinski definition) is 6. The van der Waals surface area contributed by atoms with Gasteiger partial charge in [0, 0.05) is 70.7 Å². The Labute approximate surface area is 194 Å². The third-order valence-electron chi connectivity index (χ3n) is 4.74. The van der Waals surface area contributed by atoms with Crippen LogP contribution in [-0.4, -0.2) is 80.3 Å². The van der Waals surface area contributed by atoms with E-state index in [-0.39, 0.29) is 24.0 Å². The first kappa shape index (κ1) is 24.1. The molecule has 3 heterocycles. The Bertz CT molecular complexity index is 675. The molecular weight excluding hydrogens is 501 g/mol. The molecule has 1 fully saturated rings. The number of halogens is 1. The molecule has 0 saturated carbocycles. The van der Waals surface area contributed by atoms with Gasteiger partial charge in [-0.05, 0) is 18.6 Å². The highest BCUT2D eigenvalue weighted by molar-refractivity contribution is 14.0. The first-order valence-electron chi connectivity index (χ1n) is 10.0. The third-order valence-corrected chi connectivity index (χ3v) is 5.58. The molecule has 2 aromatic rings. The van der Waals surface area contributed by atoms with Crippen LogP contribution in [0.2, 0.25) is 0 Å². The molecule has 7 nitrogen and oxygen atoms in total. The van der Waals surface area contributed by atoms with Crippen LogP contribution in [0, 0.1) is 0 Å². The predicted octanol–water partition coefficient (Wildman–Crippen LogP) is 2.74. The molecule has 29 heavy (non-hydrogen) atoms. The Hall–Kier alpha value is -1.17. The van der Waals surface area contributed by atoms with Crippen molar-refractivity contribution in [3.8, 4) is 0 Å². The van der Waals surface area contributed by atoms with Crippen LogP contribution in [0.5, 0.6) is 0 Å². The maximum atomic E-state index is 5.42. The average Bonchev–Trinajstić information content (AvgIpc) is 3.43. The van der Waals surface area contributed by atoms with Gasteiger partial charge in [-0.2, -0.15) is 0 Å². The normalized spacial score (nSPS) is 15.1. The van der Waals surface area contributed by atoms with E-state index in [1.807, 2.05) is 23.7 Å². The minimum absolute atomic E-state index is 0. The van der Waals surface area contributed by atoms with Crippen molar-refractivity contribution in [3.63, 3.8) is 0 Å². The van der Waals surface area contributed by atoms with Crippen LogP contribution < -0.4 is 5.32 Å². The molecule has 162 valence electrons. The summed E-state index contributed by atoms with van der Waals surface area (Å²) in [5.41, 5.74) is 0. The van der Waals surface area contributed by atoms with Gasteiger partial charge in [0.2, 0.25) is 0 Å². The number of hydrogen-bond donors (Lipinski definition) is 1. The lowest BCUT2D eigenvalue weighted by atomic mass is 10.3. The molecule has 0 aromatic carbocycles. The van der Waals surface area contributed by atoms with E-state index in [4.69, 9.17) is 14.1 Å². The number of nitrogens with one attached hydrogen (secondary N) is 1. The lowest BCUT2D eigenvalue weighted by Gasteiger charge is -2.26. The second-order valence-electron chi connectivity index (χ2n) is 6.87. The lowest BCUT2D eigenvalue weighted by Crippen LogP contribution is -2.41. The van der Waals surface area contributed by atoms with Gasteiger partial charge in [-0.1, -0.05) is 0 Å². The van der Waals surface area contributed by atoms with Crippen molar-refractivity contribution in [2.24, 2.45) is 4.99 Å². The van der Waals surface area contributed by atoms with Gasteiger partial charge < -0.3 is 19.4 Å². The highest BCUT2D eigenvalue weighted by Gasteiger charge is 2.10. The number of guanidine groups is 1. The maximum Gasteiger partial charge on any atom is 0.193 e. The molecule has 0 unspecified atom stereocenters. The number of morpholine rings is 1. The topological polar surface area (TPSA) is 66.1 Å². The number of thiazole rings is 1. The smallest absolute Gasteiger partial charge is 0.193 e.